The summed E-state index contributed by atoms with van der Waals surface area (Å²) in [6, 6.07) is 0. The van der Waals surface area contributed by atoms with Gasteiger partial charge in [0.15, 0.2) is 0 Å². The van der Waals surface area contributed by atoms with Crippen molar-refractivity contribution >= 4 is 0 Å². The van der Waals surface area contributed by atoms with Gasteiger partial charge in [-0.1, -0.05) is 0 Å². The largest absolute Gasteiger partial charge is 0.403 e. The number of hydroxylamine groups is 2. The first-order valence-corrected chi connectivity index (χ1v) is 3.10. The number of aliphatic hydroxyl groups is 1. The Labute approximate surface area is 61.3 Å². The molecule has 0 spiro atoms. The summed E-state index contributed by atoms with van der Waals surface area (Å²) in [5.41, 5.74) is 0. The van der Waals surface area contributed by atoms with Crippen molar-refractivity contribution in [3.8, 4) is 0 Å². The van der Waals surface area contributed by atoms with Crippen LogP contribution in [0.15, 0.2) is 0 Å². The Bertz CT molecular complexity index is 138. The monoisotopic (exact) mass is 171 g/mol. The second-order valence-corrected chi connectivity index (χ2v) is 2.39. The second-order valence-electron chi connectivity index (χ2n) is 2.39. The van der Waals surface area contributed by atoms with E-state index in [-0.39, 0.29) is 13.2 Å². The van der Waals surface area contributed by atoms with Crippen LogP contribution in [-0.4, -0.2) is 42.1 Å². The molecule has 6 heteroatoms. The average molecular weight is 171 g/mol. The van der Waals surface area contributed by atoms with Gasteiger partial charge in [0.1, 0.15) is 6.54 Å². The maximum Gasteiger partial charge on any atom is 0.403 e. The highest BCUT2D eigenvalue weighted by Gasteiger charge is 2.34. The van der Waals surface area contributed by atoms with Crippen LogP contribution in [0, 0.1) is 0 Å². The number of β-amino-alcohol motifs (C(OH)–C–C–N with tert-alkyl or cyclic N) is 1. The molecule has 1 atom stereocenters. The predicted octanol–water partition coefficient (Wildman–Crippen LogP) is 0.157. The minimum Gasteiger partial charge on any atom is -0.389 e. The van der Waals surface area contributed by atoms with E-state index in [1.807, 2.05) is 0 Å². The third-order valence-corrected chi connectivity index (χ3v) is 1.22. The van der Waals surface area contributed by atoms with E-state index >= 15 is 0 Å². The van der Waals surface area contributed by atoms with Gasteiger partial charge >= 0.3 is 6.18 Å². The first-order chi connectivity index (χ1) is 4.97. The fourth-order valence-electron chi connectivity index (χ4n) is 0.842. The van der Waals surface area contributed by atoms with Gasteiger partial charge in [-0.05, 0) is 0 Å². The highest BCUT2D eigenvalue weighted by Crippen LogP contribution is 2.18. The van der Waals surface area contributed by atoms with Crippen molar-refractivity contribution in [2.45, 2.75) is 12.3 Å². The molecule has 0 radical (unpaired) electrons. The quantitative estimate of drug-likeness (QED) is 0.609. The summed E-state index contributed by atoms with van der Waals surface area (Å²) in [5.74, 6) is 0. The predicted molar refractivity (Wildman–Crippen MR) is 29.6 cm³/mol. The summed E-state index contributed by atoms with van der Waals surface area (Å²) in [6.07, 6.45) is -5.05. The molecule has 0 bridgehead atoms. The number of rotatable bonds is 1. The van der Waals surface area contributed by atoms with Crippen LogP contribution in [0.1, 0.15) is 0 Å². The van der Waals surface area contributed by atoms with Gasteiger partial charge in [-0.3, -0.25) is 4.84 Å². The molecule has 0 aromatic carbocycles. The molecule has 1 fully saturated rings. The van der Waals surface area contributed by atoms with Crippen molar-refractivity contribution < 1.29 is 23.1 Å². The molecule has 1 aliphatic rings. The van der Waals surface area contributed by atoms with Crippen molar-refractivity contribution in [1.29, 1.82) is 0 Å². The first kappa shape index (κ1) is 8.76. The summed E-state index contributed by atoms with van der Waals surface area (Å²) in [4.78, 5) is 4.50. The van der Waals surface area contributed by atoms with Crippen LogP contribution in [0.4, 0.5) is 13.2 Å². The number of nitrogens with zero attached hydrogens (tertiary/aromatic N) is 1. The molecule has 0 amide bonds. The molecule has 11 heavy (non-hydrogen) atoms. The van der Waals surface area contributed by atoms with E-state index in [9.17, 15) is 13.2 Å². The number of alkyl halides is 3. The Balaban J connectivity index is 2.29. The van der Waals surface area contributed by atoms with Crippen LogP contribution in [0.5, 0.6) is 0 Å². The summed E-state index contributed by atoms with van der Waals surface area (Å²) >= 11 is 0. The normalized spacial score (nSPS) is 27.8. The Morgan fingerprint density at radius 1 is 1.55 bits per heavy atom. The Morgan fingerprint density at radius 3 is 2.55 bits per heavy atom. The van der Waals surface area contributed by atoms with Gasteiger partial charge in [0, 0.05) is 0 Å². The third-order valence-electron chi connectivity index (χ3n) is 1.22. The van der Waals surface area contributed by atoms with E-state index in [0.717, 1.165) is 0 Å². The van der Waals surface area contributed by atoms with Crippen molar-refractivity contribution in [3.63, 3.8) is 0 Å². The maximum atomic E-state index is 11.6. The number of hydrogen-bond acceptors (Lipinski definition) is 3. The van der Waals surface area contributed by atoms with E-state index in [4.69, 9.17) is 5.11 Å². The van der Waals surface area contributed by atoms with Gasteiger partial charge in [0.05, 0.1) is 19.3 Å². The van der Waals surface area contributed by atoms with Gasteiger partial charge in [-0.2, -0.15) is 18.2 Å². The zero-order valence-corrected chi connectivity index (χ0v) is 5.64. The molecular weight excluding hydrogens is 163 g/mol. The van der Waals surface area contributed by atoms with Crippen LogP contribution in [0.25, 0.3) is 0 Å². The second kappa shape index (κ2) is 2.96. The summed E-state index contributed by atoms with van der Waals surface area (Å²) in [7, 11) is 0. The van der Waals surface area contributed by atoms with Crippen LogP contribution >= 0.6 is 0 Å². The Morgan fingerprint density at radius 2 is 2.18 bits per heavy atom. The van der Waals surface area contributed by atoms with E-state index in [2.05, 4.69) is 4.84 Å². The lowest BCUT2D eigenvalue weighted by Crippen LogP contribution is -2.32. The van der Waals surface area contributed by atoms with Crippen molar-refractivity contribution in [1.82, 2.24) is 5.06 Å². The summed E-state index contributed by atoms with van der Waals surface area (Å²) in [5, 5.41) is 9.48. The first-order valence-electron chi connectivity index (χ1n) is 3.10. The van der Waals surface area contributed by atoms with Crippen LogP contribution in [0.2, 0.25) is 0 Å². The number of halogens is 3. The molecule has 1 saturated heterocycles. The number of aliphatic hydroxyl groups excluding tert-OH is 1. The molecular formula is C5H8F3NO2. The zero-order chi connectivity index (χ0) is 8.48. The van der Waals surface area contributed by atoms with Gasteiger partial charge < -0.3 is 5.11 Å². The minimum absolute atomic E-state index is 0.0456. The molecule has 1 rings (SSSR count). The third kappa shape index (κ3) is 3.04. The SMILES string of the molecule is O[C@@H]1CON(CC(F)(F)F)C1. The van der Waals surface area contributed by atoms with Gasteiger partial charge in [0.25, 0.3) is 0 Å². The highest BCUT2D eigenvalue weighted by molar-refractivity contribution is 4.66. The van der Waals surface area contributed by atoms with E-state index in [0.29, 0.717) is 5.06 Å². The molecule has 0 unspecified atom stereocenters. The average Bonchev–Trinajstić information content (AvgIpc) is 2.10. The van der Waals surface area contributed by atoms with Gasteiger partial charge in [-0.15, -0.1) is 0 Å². The molecule has 0 aromatic rings. The van der Waals surface area contributed by atoms with Crippen LogP contribution < -0.4 is 0 Å². The van der Waals surface area contributed by atoms with E-state index < -0.39 is 18.8 Å². The number of hydrogen-bond donors (Lipinski definition) is 1. The van der Waals surface area contributed by atoms with Crippen LogP contribution in [-0.2, 0) is 4.84 Å². The van der Waals surface area contributed by atoms with Crippen molar-refractivity contribution in [3.05, 3.63) is 0 Å². The lowest BCUT2D eigenvalue weighted by atomic mass is 10.4. The molecule has 0 aliphatic carbocycles. The van der Waals surface area contributed by atoms with E-state index in [1.54, 1.807) is 0 Å². The van der Waals surface area contributed by atoms with Crippen LogP contribution in [0.3, 0.4) is 0 Å². The lowest BCUT2D eigenvalue weighted by Gasteiger charge is -2.14. The maximum absolute atomic E-state index is 11.6. The minimum atomic E-state index is -4.26. The molecule has 66 valence electrons. The zero-order valence-electron chi connectivity index (χ0n) is 5.64. The molecule has 1 N–H and O–H groups in total. The standard InChI is InChI=1S/C5H8F3NO2/c6-5(7,8)3-9-1-4(10)2-11-9/h4,10H,1-3H2/t4-/m0/s1. The molecule has 0 aromatic heterocycles. The molecule has 3 nitrogen and oxygen atoms in total. The topological polar surface area (TPSA) is 32.7 Å². The van der Waals surface area contributed by atoms with Crippen molar-refractivity contribution in [2.75, 3.05) is 19.7 Å². The smallest absolute Gasteiger partial charge is 0.389 e. The Kier molecular flexibility index (Phi) is 2.36. The molecule has 0 saturated carbocycles. The highest BCUT2D eigenvalue weighted by atomic mass is 19.4. The van der Waals surface area contributed by atoms with Gasteiger partial charge in [0.2, 0.25) is 0 Å². The summed E-state index contributed by atoms with van der Waals surface area (Å²) in [6.45, 7) is -1.24. The lowest BCUT2D eigenvalue weighted by molar-refractivity contribution is -0.212. The van der Waals surface area contributed by atoms with Crippen molar-refractivity contribution in [2.24, 2.45) is 0 Å². The fraction of sp³-hybridized carbons (Fsp3) is 1.00. The molecule has 1 aliphatic heterocycles. The van der Waals surface area contributed by atoms with E-state index in [1.165, 1.54) is 0 Å². The molecule has 1 heterocycles. The summed E-state index contributed by atoms with van der Waals surface area (Å²) < 4.78 is 34.9. The van der Waals surface area contributed by atoms with Gasteiger partial charge in [-0.25, -0.2) is 0 Å². The Hall–Kier alpha value is -0.330. The fourth-order valence-corrected chi connectivity index (χ4v) is 0.842.